The van der Waals surface area contributed by atoms with Crippen LogP contribution in [0.4, 0.5) is 0 Å². The van der Waals surface area contributed by atoms with E-state index in [-0.39, 0.29) is 5.91 Å². The summed E-state index contributed by atoms with van der Waals surface area (Å²) >= 11 is 0. The molecule has 23 heavy (non-hydrogen) atoms. The predicted octanol–water partition coefficient (Wildman–Crippen LogP) is 1.90. The molecule has 0 saturated carbocycles. The van der Waals surface area contributed by atoms with Crippen molar-refractivity contribution >= 4 is 11.9 Å². The lowest BCUT2D eigenvalue weighted by atomic mass is 10.2. The van der Waals surface area contributed by atoms with Crippen molar-refractivity contribution in [3.8, 4) is 5.75 Å². The number of hydrogen-bond donors (Lipinski definition) is 1. The summed E-state index contributed by atoms with van der Waals surface area (Å²) in [5, 5.41) is 2.74. The van der Waals surface area contributed by atoms with Gasteiger partial charge in [-0.2, -0.15) is 0 Å². The van der Waals surface area contributed by atoms with Crippen LogP contribution in [0.15, 0.2) is 42.6 Å². The number of para-hydroxylation sites is 1. The molecule has 0 aliphatic heterocycles. The van der Waals surface area contributed by atoms with Gasteiger partial charge in [0, 0.05) is 25.4 Å². The van der Waals surface area contributed by atoms with Crippen molar-refractivity contribution in [1.82, 2.24) is 9.88 Å². The van der Waals surface area contributed by atoms with Crippen molar-refractivity contribution in [1.29, 1.82) is 0 Å². The average molecular weight is 316 g/mol. The third kappa shape index (κ3) is 4.12. The maximum Gasteiger partial charge on any atom is 0.355 e. The van der Waals surface area contributed by atoms with E-state index in [1.807, 2.05) is 24.3 Å². The number of nitrogens with zero attached hydrogens (tertiary/aromatic N) is 1. The highest BCUT2D eigenvalue weighted by molar-refractivity contribution is 5.91. The molecule has 1 aromatic carbocycles. The van der Waals surface area contributed by atoms with Crippen LogP contribution in [0.3, 0.4) is 0 Å². The Labute approximate surface area is 135 Å². The first-order valence-electron chi connectivity index (χ1n) is 7.25. The number of carbonyl (C=O) groups is 2. The fraction of sp³-hybridized carbons (Fsp3) is 0.294. The Hall–Kier alpha value is -2.76. The van der Waals surface area contributed by atoms with E-state index >= 15 is 0 Å². The minimum atomic E-state index is -0.882. The van der Waals surface area contributed by atoms with Crippen LogP contribution in [-0.2, 0) is 23.1 Å². The zero-order valence-corrected chi connectivity index (χ0v) is 13.4. The molecule has 0 radical (unpaired) electrons. The summed E-state index contributed by atoms with van der Waals surface area (Å²) in [4.78, 5) is 24.0. The first-order chi connectivity index (χ1) is 11.0. The smallest absolute Gasteiger partial charge is 0.355 e. The Morgan fingerprint density at radius 3 is 2.61 bits per heavy atom. The van der Waals surface area contributed by atoms with Crippen LogP contribution in [-0.4, -0.2) is 29.7 Å². The third-order valence-corrected chi connectivity index (χ3v) is 3.45. The molecule has 2 rings (SSSR count). The molecular formula is C17H20N2O4. The number of nitrogens with one attached hydrogen (secondary N) is 1. The van der Waals surface area contributed by atoms with E-state index in [9.17, 15) is 9.59 Å². The topological polar surface area (TPSA) is 69.6 Å². The van der Waals surface area contributed by atoms with E-state index in [4.69, 9.17) is 9.47 Å². The second kappa shape index (κ2) is 7.49. The second-order valence-electron chi connectivity index (χ2n) is 5.08. The molecule has 1 N–H and O–H groups in total. The molecule has 0 spiro atoms. The van der Waals surface area contributed by atoms with Crippen LogP contribution < -0.4 is 10.1 Å². The fourth-order valence-electron chi connectivity index (χ4n) is 2.12. The molecule has 0 fully saturated rings. The minimum Gasteiger partial charge on any atom is -0.496 e. The number of esters is 1. The first-order valence-corrected chi connectivity index (χ1v) is 7.25. The molecule has 1 atom stereocenters. The van der Waals surface area contributed by atoms with Gasteiger partial charge in [-0.05, 0) is 25.1 Å². The van der Waals surface area contributed by atoms with Crippen molar-refractivity contribution in [3.05, 3.63) is 53.9 Å². The molecule has 0 unspecified atom stereocenters. The van der Waals surface area contributed by atoms with Gasteiger partial charge in [0.2, 0.25) is 0 Å². The van der Waals surface area contributed by atoms with Gasteiger partial charge in [0.1, 0.15) is 11.4 Å². The van der Waals surface area contributed by atoms with Gasteiger partial charge >= 0.3 is 5.97 Å². The second-order valence-corrected chi connectivity index (χ2v) is 5.08. The van der Waals surface area contributed by atoms with Gasteiger partial charge in [-0.15, -0.1) is 0 Å². The molecule has 6 heteroatoms. The van der Waals surface area contributed by atoms with Crippen LogP contribution in [0.25, 0.3) is 0 Å². The van der Waals surface area contributed by atoms with Gasteiger partial charge in [0.25, 0.3) is 5.91 Å². The van der Waals surface area contributed by atoms with E-state index in [0.717, 1.165) is 5.56 Å². The first kappa shape index (κ1) is 16.6. The predicted molar refractivity (Wildman–Crippen MR) is 85.1 cm³/mol. The number of aryl methyl sites for hydroxylation is 1. The van der Waals surface area contributed by atoms with Crippen molar-refractivity contribution in [2.45, 2.75) is 19.6 Å². The number of benzene rings is 1. The molecular weight excluding hydrogens is 296 g/mol. The monoisotopic (exact) mass is 316 g/mol. The number of methoxy groups -OCH3 is 1. The molecule has 0 bridgehead atoms. The number of carbonyl (C=O) groups excluding carboxylic acids is 2. The summed E-state index contributed by atoms with van der Waals surface area (Å²) in [5.74, 6) is -0.197. The average Bonchev–Trinajstić information content (AvgIpc) is 2.98. The van der Waals surface area contributed by atoms with E-state index in [0.29, 0.717) is 18.0 Å². The fourth-order valence-corrected chi connectivity index (χ4v) is 2.12. The summed E-state index contributed by atoms with van der Waals surface area (Å²) in [5.41, 5.74) is 1.25. The molecule has 0 aliphatic carbocycles. The summed E-state index contributed by atoms with van der Waals surface area (Å²) in [6.45, 7) is 1.84. The Morgan fingerprint density at radius 2 is 1.96 bits per heavy atom. The van der Waals surface area contributed by atoms with Gasteiger partial charge in [-0.3, -0.25) is 4.79 Å². The van der Waals surface area contributed by atoms with Crippen molar-refractivity contribution < 1.29 is 19.1 Å². The van der Waals surface area contributed by atoms with Crippen molar-refractivity contribution in [2.24, 2.45) is 7.05 Å². The van der Waals surface area contributed by atoms with E-state index < -0.39 is 12.1 Å². The van der Waals surface area contributed by atoms with Crippen LogP contribution in [0.1, 0.15) is 23.0 Å². The van der Waals surface area contributed by atoms with E-state index in [1.54, 1.807) is 44.0 Å². The Kier molecular flexibility index (Phi) is 5.41. The Bertz CT molecular complexity index is 693. The lowest BCUT2D eigenvalue weighted by Gasteiger charge is -2.14. The van der Waals surface area contributed by atoms with E-state index in [2.05, 4.69) is 5.32 Å². The Morgan fingerprint density at radius 1 is 1.22 bits per heavy atom. The lowest BCUT2D eigenvalue weighted by Crippen LogP contribution is -2.35. The number of amides is 1. The summed E-state index contributed by atoms with van der Waals surface area (Å²) < 4.78 is 12.0. The Balaban J connectivity index is 1.90. The highest BCUT2D eigenvalue weighted by Gasteiger charge is 2.20. The van der Waals surface area contributed by atoms with Crippen LogP contribution in [0, 0.1) is 0 Å². The van der Waals surface area contributed by atoms with Crippen LogP contribution in [0.5, 0.6) is 5.75 Å². The molecule has 1 amide bonds. The zero-order valence-electron chi connectivity index (χ0n) is 13.4. The molecule has 2 aromatic rings. The molecule has 6 nitrogen and oxygen atoms in total. The highest BCUT2D eigenvalue weighted by atomic mass is 16.5. The molecule has 1 heterocycles. The zero-order chi connectivity index (χ0) is 16.8. The summed E-state index contributed by atoms with van der Waals surface area (Å²) in [7, 11) is 3.31. The quantitative estimate of drug-likeness (QED) is 0.826. The third-order valence-electron chi connectivity index (χ3n) is 3.45. The standard InChI is InChI=1S/C17H20N2O4/c1-12(23-17(21)14-8-6-10-19(14)2)16(20)18-11-13-7-4-5-9-15(13)22-3/h4-10,12H,11H2,1-3H3,(H,18,20)/t12-/m0/s1. The SMILES string of the molecule is COc1ccccc1CNC(=O)[C@H](C)OC(=O)c1cccn1C. The molecule has 122 valence electrons. The minimum absolute atomic E-state index is 0.300. The number of rotatable bonds is 6. The van der Waals surface area contributed by atoms with Crippen molar-refractivity contribution in [2.75, 3.05) is 7.11 Å². The van der Waals surface area contributed by atoms with E-state index in [1.165, 1.54) is 0 Å². The maximum atomic E-state index is 12.1. The van der Waals surface area contributed by atoms with Crippen LogP contribution in [0.2, 0.25) is 0 Å². The molecule has 0 aliphatic rings. The molecule has 1 aromatic heterocycles. The van der Waals surface area contributed by atoms with Gasteiger partial charge in [0.15, 0.2) is 6.10 Å². The number of ether oxygens (including phenoxy) is 2. The number of hydrogen-bond acceptors (Lipinski definition) is 4. The summed E-state index contributed by atoms with van der Waals surface area (Å²) in [6, 6.07) is 10.8. The van der Waals surface area contributed by atoms with Gasteiger partial charge < -0.3 is 19.4 Å². The van der Waals surface area contributed by atoms with Crippen LogP contribution >= 0.6 is 0 Å². The largest absolute Gasteiger partial charge is 0.496 e. The molecule has 0 saturated heterocycles. The van der Waals surface area contributed by atoms with Gasteiger partial charge in [-0.1, -0.05) is 18.2 Å². The lowest BCUT2D eigenvalue weighted by molar-refractivity contribution is -0.129. The highest BCUT2D eigenvalue weighted by Crippen LogP contribution is 2.16. The van der Waals surface area contributed by atoms with Gasteiger partial charge in [0.05, 0.1) is 7.11 Å². The summed E-state index contributed by atoms with van der Waals surface area (Å²) in [6.07, 6.45) is 0.857. The number of aromatic nitrogens is 1. The maximum absolute atomic E-state index is 12.1. The van der Waals surface area contributed by atoms with Gasteiger partial charge in [-0.25, -0.2) is 4.79 Å². The van der Waals surface area contributed by atoms with Crippen molar-refractivity contribution in [3.63, 3.8) is 0 Å². The normalized spacial score (nSPS) is 11.6.